The van der Waals surface area contributed by atoms with Crippen LogP contribution in [0.1, 0.15) is 43.8 Å². The molecule has 3 aromatic rings. The molecule has 0 saturated carbocycles. The van der Waals surface area contributed by atoms with Crippen LogP contribution in [0.5, 0.6) is 0 Å². The van der Waals surface area contributed by atoms with Crippen molar-refractivity contribution in [2.24, 2.45) is 0 Å². The molecule has 3 N–H and O–H groups in total. The highest BCUT2D eigenvalue weighted by Gasteiger charge is 2.36. The SMILES string of the molecule is COC(=O)c1cc2c(cc1C)/C(=C(/Nc1ccc(C(=O)N(C)OCCN3CC4CC(C3)N4)cc1)c1ccccc1)C(=O)N2. The lowest BCUT2D eigenvalue weighted by Gasteiger charge is -2.48. The third kappa shape index (κ3) is 5.90. The summed E-state index contributed by atoms with van der Waals surface area (Å²) in [6.45, 7) is 5.08. The van der Waals surface area contributed by atoms with Gasteiger partial charge in [-0.05, 0) is 60.9 Å². The fourth-order valence-corrected chi connectivity index (χ4v) is 5.96. The van der Waals surface area contributed by atoms with Crippen LogP contribution in [0.15, 0.2) is 66.7 Å². The number of aryl methyl sites for hydroxylation is 1. The van der Waals surface area contributed by atoms with Crippen LogP contribution in [0, 0.1) is 6.92 Å². The second-order valence-electron chi connectivity index (χ2n) is 11.2. The van der Waals surface area contributed by atoms with Crippen molar-refractivity contribution in [3.8, 4) is 0 Å². The van der Waals surface area contributed by atoms with E-state index in [0.717, 1.165) is 25.2 Å². The van der Waals surface area contributed by atoms with Crippen molar-refractivity contribution >= 4 is 40.4 Å². The number of anilines is 2. The predicted octanol–water partition coefficient (Wildman–Crippen LogP) is 3.76. The van der Waals surface area contributed by atoms with Gasteiger partial charge in [0, 0.05) is 55.6 Å². The Kier molecular flexibility index (Phi) is 7.98. The van der Waals surface area contributed by atoms with Crippen molar-refractivity contribution in [1.29, 1.82) is 0 Å². The van der Waals surface area contributed by atoms with Gasteiger partial charge in [-0.2, -0.15) is 0 Å². The van der Waals surface area contributed by atoms with Crippen LogP contribution < -0.4 is 16.0 Å². The van der Waals surface area contributed by atoms with E-state index >= 15 is 0 Å². The molecule has 2 unspecified atom stereocenters. The highest BCUT2D eigenvalue weighted by molar-refractivity contribution is 6.37. The first-order valence-electron chi connectivity index (χ1n) is 14.4. The van der Waals surface area contributed by atoms with Gasteiger partial charge in [-0.25, -0.2) is 9.86 Å². The second-order valence-corrected chi connectivity index (χ2v) is 11.2. The number of carbonyl (C=O) groups is 3. The lowest BCUT2D eigenvalue weighted by molar-refractivity contribution is -0.113. The van der Waals surface area contributed by atoms with Crippen molar-refractivity contribution in [1.82, 2.24) is 15.3 Å². The number of piperazine rings is 1. The molecule has 0 aromatic heterocycles. The molecule has 2 amide bonds. The number of esters is 1. The molecule has 4 aliphatic rings. The highest BCUT2D eigenvalue weighted by Crippen LogP contribution is 2.39. The molecule has 0 radical (unpaired) electrons. The molecule has 2 atom stereocenters. The van der Waals surface area contributed by atoms with Crippen molar-refractivity contribution in [3.63, 3.8) is 0 Å². The lowest BCUT2D eigenvalue weighted by atomic mass is 9.91. The Hall–Kier alpha value is -4.51. The van der Waals surface area contributed by atoms with E-state index in [1.165, 1.54) is 18.6 Å². The average Bonchev–Trinajstić information content (AvgIpc) is 3.33. The maximum atomic E-state index is 13.3. The fourth-order valence-electron chi connectivity index (χ4n) is 5.96. The first-order valence-corrected chi connectivity index (χ1v) is 14.4. The van der Waals surface area contributed by atoms with Gasteiger partial charge in [-0.3, -0.25) is 19.3 Å². The Bertz CT molecular complexity index is 1570. The Labute approximate surface area is 250 Å². The standard InChI is InChI=1S/C33H35N5O5/c1-20-15-27-28(17-26(20)33(41)42-3)36-31(39)29(27)30(21-7-5-4-6-8-21)35-23-11-9-22(10-12-23)32(40)37(2)43-14-13-38-18-24-16-25(19-38)34-24/h4-12,15,17,24-25,34-35H,13-14,16,18-19H2,1-3H3,(H,36,39)/b30-29-. The molecule has 7 rings (SSSR count). The summed E-state index contributed by atoms with van der Waals surface area (Å²) in [4.78, 5) is 46.7. The van der Waals surface area contributed by atoms with Crippen LogP contribution >= 0.6 is 0 Å². The molecule has 222 valence electrons. The Morgan fingerprint density at radius 3 is 2.40 bits per heavy atom. The van der Waals surface area contributed by atoms with Crippen molar-refractivity contribution in [2.75, 3.05) is 51.0 Å². The van der Waals surface area contributed by atoms with Crippen LogP contribution in [0.2, 0.25) is 0 Å². The minimum absolute atomic E-state index is 0.239. The van der Waals surface area contributed by atoms with Gasteiger partial charge in [-0.15, -0.1) is 0 Å². The minimum Gasteiger partial charge on any atom is -0.465 e. The first-order chi connectivity index (χ1) is 20.8. The molecule has 0 aliphatic carbocycles. The van der Waals surface area contributed by atoms with Crippen LogP contribution in [-0.4, -0.2) is 80.2 Å². The number of hydrogen-bond acceptors (Lipinski definition) is 8. The Morgan fingerprint density at radius 1 is 1.02 bits per heavy atom. The van der Waals surface area contributed by atoms with Gasteiger partial charge < -0.3 is 20.7 Å². The summed E-state index contributed by atoms with van der Waals surface area (Å²) < 4.78 is 4.90. The normalized spacial score (nSPS) is 20.0. The quantitative estimate of drug-likeness (QED) is 0.199. The van der Waals surface area contributed by atoms with Gasteiger partial charge in [0.15, 0.2) is 0 Å². The van der Waals surface area contributed by atoms with E-state index in [0.29, 0.717) is 63.6 Å². The predicted molar refractivity (Wildman–Crippen MR) is 164 cm³/mol. The summed E-state index contributed by atoms with van der Waals surface area (Å²) in [5, 5.41) is 11.1. The van der Waals surface area contributed by atoms with E-state index in [9.17, 15) is 14.4 Å². The number of benzene rings is 3. The largest absolute Gasteiger partial charge is 0.465 e. The van der Waals surface area contributed by atoms with Gasteiger partial charge in [0.05, 0.1) is 36.2 Å². The monoisotopic (exact) mass is 581 g/mol. The number of methoxy groups -OCH3 is 1. The van der Waals surface area contributed by atoms with Crippen molar-refractivity contribution < 1.29 is 24.0 Å². The molecule has 4 aliphatic heterocycles. The third-order valence-corrected chi connectivity index (χ3v) is 8.20. The molecule has 3 aromatic carbocycles. The number of piperidine rings is 1. The van der Waals surface area contributed by atoms with E-state index in [-0.39, 0.29) is 11.8 Å². The Morgan fingerprint density at radius 2 is 1.72 bits per heavy atom. The van der Waals surface area contributed by atoms with Crippen LogP contribution in [-0.2, 0) is 14.4 Å². The van der Waals surface area contributed by atoms with Gasteiger partial charge in [0.25, 0.3) is 11.8 Å². The zero-order valence-corrected chi connectivity index (χ0v) is 24.5. The summed E-state index contributed by atoms with van der Waals surface area (Å²) >= 11 is 0. The molecule has 2 bridgehead atoms. The maximum Gasteiger partial charge on any atom is 0.338 e. The third-order valence-electron chi connectivity index (χ3n) is 8.20. The smallest absolute Gasteiger partial charge is 0.338 e. The van der Waals surface area contributed by atoms with Gasteiger partial charge in [0.1, 0.15) is 0 Å². The van der Waals surface area contributed by atoms with Crippen molar-refractivity contribution in [3.05, 3.63) is 94.5 Å². The second kappa shape index (κ2) is 12.0. The van der Waals surface area contributed by atoms with Gasteiger partial charge in [-0.1, -0.05) is 30.3 Å². The number of amides is 2. The molecule has 10 nitrogen and oxygen atoms in total. The number of ether oxygens (including phenoxy) is 1. The maximum absolute atomic E-state index is 13.3. The molecule has 3 fully saturated rings. The lowest BCUT2D eigenvalue weighted by Crippen LogP contribution is -2.67. The first kappa shape index (κ1) is 28.6. The van der Waals surface area contributed by atoms with Gasteiger partial charge in [0.2, 0.25) is 0 Å². The summed E-state index contributed by atoms with van der Waals surface area (Å²) in [6.07, 6.45) is 1.25. The number of rotatable bonds is 9. The fraction of sp³-hybridized carbons (Fsp3) is 0.303. The molecule has 3 saturated heterocycles. The van der Waals surface area contributed by atoms with Crippen LogP contribution in [0.4, 0.5) is 11.4 Å². The minimum atomic E-state index is -0.463. The molecular formula is C33H35N5O5. The van der Waals surface area contributed by atoms with Crippen molar-refractivity contribution in [2.45, 2.75) is 25.4 Å². The average molecular weight is 582 g/mol. The van der Waals surface area contributed by atoms with E-state index in [1.807, 2.05) is 43.3 Å². The highest BCUT2D eigenvalue weighted by atomic mass is 16.7. The summed E-state index contributed by atoms with van der Waals surface area (Å²) in [5.74, 6) is -0.988. The number of carbonyl (C=O) groups excluding carboxylic acids is 3. The van der Waals surface area contributed by atoms with Crippen LogP contribution in [0.25, 0.3) is 11.3 Å². The molecule has 0 spiro atoms. The van der Waals surface area contributed by atoms with E-state index in [4.69, 9.17) is 9.57 Å². The van der Waals surface area contributed by atoms with E-state index in [2.05, 4.69) is 20.9 Å². The van der Waals surface area contributed by atoms with Gasteiger partial charge >= 0.3 is 5.97 Å². The summed E-state index contributed by atoms with van der Waals surface area (Å²) in [5.41, 5.74) is 5.38. The number of fused-ring (bicyclic) bond motifs is 3. The summed E-state index contributed by atoms with van der Waals surface area (Å²) in [7, 11) is 2.96. The number of nitrogens with one attached hydrogen (secondary N) is 3. The zero-order valence-electron chi connectivity index (χ0n) is 24.5. The number of nitrogens with zero attached hydrogens (tertiary/aromatic N) is 2. The van der Waals surface area contributed by atoms with Crippen LogP contribution in [0.3, 0.4) is 0 Å². The number of hydrogen-bond donors (Lipinski definition) is 3. The molecule has 4 heterocycles. The zero-order chi connectivity index (χ0) is 30.1. The van der Waals surface area contributed by atoms with E-state index in [1.54, 1.807) is 37.4 Å². The molecule has 43 heavy (non-hydrogen) atoms. The summed E-state index contributed by atoms with van der Waals surface area (Å²) in [6, 6.07) is 21.3. The van der Waals surface area contributed by atoms with E-state index < -0.39 is 5.97 Å². The number of hydroxylamine groups is 2. The molecular weight excluding hydrogens is 546 g/mol. The topological polar surface area (TPSA) is 112 Å². The molecule has 10 heteroatoms. The Balaban J connectivity index is 1.20.